The van der Waals surface area contributed by atoms with Gasteiger partial charge in [0.15, 0.2) is 0 Å². The van der Waals surface area contributed by atoms with Gasteiger partial charge in [0.1, 0.15) is 0 Å². The van der Waals surface area contributed by atoms with Gasteiger partial charge in [0, 0.05) is 6.54 Å². The molecule has 0 bridgehead atoms. The van der Waals surface area contributed by atoms with Gasteiger partial charge in [-0.05, 0) is 26.4 Å². The van der Waals surface area contributed by atoms with E-state index < -0.39 is 0 Å². The van der Waals surface area contributed by atoms with Crippen molar-refractivity contribution in [2.45, 2.75) is 27.2 Å². The molecule has 0 atom stereocenters. The molecule has 0 spiro atoms. The first-order valence-electron chi connectivity index (χ1n) is 4.07. The molecule has 0 radical (unpaired) electrons. The Labute approximate surface area is 64.7 Å². The number of hydrogen-bond acceptors (Lipinski definition) is 1. The molecule has 0 rings (SSSR count). The van der Waals surface area contributed by atoms with Gasteiger partial charge in [-0.3, -0.25) is 0 Å². The maximum absolute atomic E-state index is 3.87. The SMILES string of the molecule is C=C(C)CCN(CC)CC. The summed E-state index contributed by atoms with van der Waals surface area (Å²) in [6, 6.07) is 0. The van der Waals surface area contributed by atoms with E-state index in [1.54, 1.807) is 0 Å². The van der Waals surface area contributed by atoms with Crippen LogP contribution in [0.4, 0.5) is 0 Å². The van der Waals surface area contributed by atoms with E-state index in [-0.39, 0.29) is 0 Å². The van der Waals surface area contributed by atoms with Crippen LogP contribution in [0.3, 0.4) is 0 Å². The van der Waals surface area contributed by atoms with Crippen LogP contribution in [0, 0.1) is 0 Å². The first-order valence-corrected chi connectivity index (χ1v) is 4.07. The van der Waals surface area contributed by atoms with Gasteiger partial charge in [-0.25, -0.2) is 0 Å². The minimum atomic E-state index is 1.14. The maximum atomic E-state index is 3.87. The Balaban J connectivity index is 3.34. The zero-order chi connectivity index (χ0) is 7.98. The fourth-order valence-corrected chi connectivity index (χ4v) is 0.889. The highest BCUT2D eigenvalue weighted by Crippen LogP contribution is 1.97. The highest BCUT2D eigenvalue weighted by molar-refractivity contribution is 4.88. The number of rotatable bonds is 5. The third-order valence-electron chi connectivity index (χ3n) is 1.75. The van der Waals surface area contributed by atoms with Gasteiger partial charge in [-0.2, -0.15) is 0 Å². The minimum Gasteiger partial charge on any atom is -0.304 e. The molecule has 0 N–H and O–H groups in total. The fourth-order valence-electron chi connectivity index (χ4n) is 0.889. The normalized spacial score (nSPS) is 10.4. The topological polar surface area (TPSA) is 3.24 Å². The van der Waals surface area contributed by atoms with E-state index in [0.29, 0.717) is 0 Å². The molecule has 0 saturated carbocycles. The molecule has 0 amide bonds. The molecule has 0 saturated heterocycles. The minimum absolute atomic E-state index is 1.14. The Morgan fingerprint density at radius 2 is 1.80 bits per heavy atom. The first-order chi connectivity index (χ1) is 4.70. The van der Waals surface area contributed by atoms with Crippen LogP contribution in [0.1, 0.15) is 27.2 Å². The van der Waals surface area contributed by atoms with Gasteiger partial charge < -0.3 is 4.90 Å². The van der Waals surface area contributed by atoms with Gasteiger partial charge in [0.2, 0.25) is 0 Å². The van der Waals surface area contributed by atoms with Crippen LogP contribution in [0.15, 0.2) is 12.2 Å². The predicted molar refractivity (Wildman–Crippen MR) is 47.2 cm³/mol. The van der Waals surface area contributed by atoms with Gasteiger partial charge >= 0.3 is 0 Å². The van der Waals surface area contributed by atoms with E-state index in [9.17, 15) is 0 Å². The van der Waals surface area contributed by atoms with Crippen molar-refractivity contribution in [3.05, 3.63) is 12.2 Å². The fraction of sp³-hybridized carbons (Fsp3) is 0.778. The van der Waals surface area contributed by atoms with Crippen LogP contribution in [0.2, 0.25) is 0 Å². The van der Waals surface area contributed by atoms with Crippen molar-refractivity contribution < 1.29 is 0 Å². The van der Waals surface area contributed by atoms with E-state index >= 15 is 0 Å². The summed E-state index contributed by atoms with van der Waals surface area (Å²) in [5, 5.41) is 0. The molecule has 0 aliphatic heterocycles. The van der Waals surface area contributed by atoms with E-state index in [4.69, 9.17) is 0 Å². The molecule has 0 aliphatic rings. The van der Waals surface area contributed by atoms with Crippen molar-refractivity contribution >= 4 is 0 Å². The Morgan fingerprint density at radius 1 is 1.30 bits per heavy atom. The maximum Gasteiger partial charge on any atom is 0.00181 e. The van der Waals surface area contributed by atoms with E-state index in [0.717, 1.165) is 19.5 Å². The van der Waals surface area contributed by atoms with Crippen molar-refractivity contribution in [1.29, 1.82) is 0 Å². The van der Waals surface area contributed by atoms with E-state index in [2.05, 4.69) is 32.3 Å². The first kappa shape index (κ1) is 9.70. The summed E-state index contributed by atoms with van der Waals surface area (Å²) >= 11 is 0. The summed E-state index contributed by atoms with van der Waals surface area (Å²) < 4.78 is 0. The third kappa shape index (κ3) is 4.57. The van der Waals surface area contributed by atoms with Crippen molar-refractivity contribution in [3.63, 3.8) is 0 Å². The molecule has 0 aromatic heterocycles. The van der Waals surface area contributed by atoms with Crippen LogP contribution in [-0.2, 0) is 0 Å². The summed E-state index contributed by atoms with van der Waals surface area (Å²) in [6.07, 6.45) is 1.14. The largest absolute Gasteiger partial charge is 0.304 e. The molecular weight excluding hydrogens is 122 g/mol. The van der Waals surface area contributed by atoms with Crippen LogP contribution >= 0.6 is 0 Å². The quantitative estimate of drug-likeness (QED) is 0.531. The van der Waals surface area contributed by atoms with Crippen LogP contribution < -0.4 is 0 Å². The number of hydrogen-bond donors (Lipinski definition) is 0. The summed E-state index contributed by atoms with van der Waals surface area (Å²) in [6.45, 7) is 13.8. The predicted octanol–water partition coefficient (Wildman–Crippen LogP) is 2.29. The van der Waals surface area contributed by atoms with Crippen molar-refractivity contribution in [1.82, 2.24) is 4.90 Å². The molecule has 0 aliphatic carbocycles. The molecule has 0 heterocycles. The van der Waals surface area contributed by atoms with Gasteiger partial charge in [0.05, 0.1) is 0 Å². The van der Waals surface area contributed by atoms with Crippen molar-refractivity contribution in [2.75, 3.05) is 19.6 Å². The Morgan fingerprint density at radius 3 is 2.10 bits per heavy atom. The molecule has 60 valence electrons. The zero-order valence-corrected chi connectivity index (χ0v) is 7.48. The Bertz CT molecular complexity index is 92.9. The zero-order valence-electron chi connectivity index (χ0n) is 7.48. The van der Waals surface area contributed by atoms with Gasteiger partial charge in [-0.1, -0.05) is 19.4 Å². The van der Waals surface area contributed by atoms with E-state index in [1.165, 1.54) is 12.1 Å². The molecule has 0 unspecified atom stereocenters. The highest BCUT2D eigenvalue weighted by atomic mass is 15.1. The van der Waals surface area contributed by atoms with Crippen molar-refractivity contribution in [3.8, 4) is 0 Å². The van der Waals surface area contributed by atoms with Gasteiger partial charge in [0.25, 0.3) is 0 Å². The Kier molecular flexibility index (Phi) is 5.32. The lowest BCUT2D eigenvalue weighted by Gasteiger charge is -2.17. The molecule has 0 aromatic carbocycles. The molecular formula is C9H19N. The average molecular weight is 141 g/mol. The molecule has 1 nitrogen and oxygen atoms in total. The summed E-state index contributed by atoms with van der Waals surface area (Å²) in [4.78, 5) is 2.41. The average Bonchev–Trinajstić information content (AvgIpc) is 1.90. The lowest BCUT2D eigenvalue weighted by Crippen LogP contribution is -2.23. The van der Waals surface area contributed by atoms with E-state index in [1.807, 2.05) is 0 Å². The van der Waals surface area contributed by atoms with Crippen molar-refractivity contribution in [2.24, 2.45) is 0 Å². The molecule has 0 aromatic rings. The monoisotopic (exact) mass is 141 g/mol. The van der Waals surface area contributed by atoms with Crippen LogP contribution in [0.5, 0.6) is 0 Å². The summed E-state index contributed by atoms with van der Waals surface area (Å²) in [7, 11) is 0. The lowest BCUT2D eigenvalue weighted by atomic mass is 10.2. The summed E-state index contributed by atoms with van der Waals surface area (Å²) in [5.41, 5.74) is 1.28. The highest BCUT2D eigenvalue weighted by Gasteiger charge is 1.96. The standard InChI is InChI=1S/C9H19N/c1-5-10(6-2)8-7-9(3)4/h3,5-8H2,1-2,4H3. The molecule has 1 heteroatoms. The molecule has 0 fully saturated rings. The van der Waals surface area contributed by atoms with Crippen LogP contribution in [-0.4, -0.2) is 24.5 Å². The lowest BCUT2D eigenvalue weighted by molar-refractivity contribution is 0.308. The second-order valence-electron chi connectivity index (χ2n) is 2.73. The second kappa shape index (κ2) is 5.48. The smallest absolute Gasteiger partial charge is 0.00181 e. The third-order valence-corrected chi connectivity index (χ3v) is 1.75. The van der Waals surface area contributed by atoms with Gasteiger partial charge in [-0.15, -0.1) is 6.58 Å². The second-order valence-corrected chi connectivity index (χ2v) is 2.73. The van der Waals surface area contributed by atoms with Crippen LogP contribution in [0.25, 0.3) is 0 Å². The molecule has 10 heavy (non-hydrogen) atoms. The summed E-state index contributed by atoms with van der Waals surface area (Å²) in [5.74, 6) is 0. The Hall–Kier alpha value is -0.300. The number of nitrogens with zero attached hydrogens (tertiary/aromatic N) is 1.